The number of likely N-dealkylation sites (tertiary alicyclic amines) is 1. The smallest absolute Gasteiger partial charge is 0.240 e. The number of benzene rings is 1. The molecule has 1 amide bonds. The Morgan fingerprint density at radius 1 is 1.18 bits per heavy atom. The molecule has 1 atom stereocenters. The van der Waals surface area contributed by atoms with Gasteiger partial charge in [-0.25, -0.2) is 0 Å². The molecule has 8 heteroatoms. The summed E-state index contributed by atoms with van der Waals surface area (Å²) in [5, 5.41) is 13.0. The lowest BCUT2D eigenvalue weighted by atomic mass is 9.86. The molecule has 2 aromatic rings. The van der Waals surface area contributed by atoms with E-state index >= 15 is 0 Å². The maximum atomic E-state index is 12.6. The van der Waals surface area contributed by atoms with E-state index in [0.29, 0.717) is 29.1 Å². The molecule has 2 aliphatic rings. The lowest BCUT2D eigenvalue weighted by Crippen LogP contribution is -2.32. The van der Waals surface area contributed by atoms with E-state index in [0.717, 1.165) is 30.0 Å². The van der Waals surface area contributed by atoms with Gasteiger partial charge in [-0.15, -0.1) is 10.2 Å². The third-order valence-corrected chi connectivity index (χ3v) is 6.65. The van der Waals surface area contributed by atoms with Crippen LogP contribution in [0.25, 0.3) is 0 Å². The Kier molecular flexibility index (Phi) is 5.77. The van der Waals surface area contributed by atoms with Crippen LogP contribution in [0, 0.1) is 0 Å². The van der Waals surface area contributed by atoms with E-state index in [1.165, 1.54) is 30.6 Å². The van der Waals surface area contributed by atoms with Gasteiger partial charge in [0.15, 0.2) is 11.5 Å². The van der Waals surface area contributed by atoms with Gasteiger partial charge in [-0.05, 0) is 49.9 Å². The zero-order valence-electron chi connectivity index (χ0n) is 16.3. The highest BCUT2D eigenvalue weighted by atomic mass is 32.1. The first-order chi connectivity index (χ1) is 13.7. The van der Waals surface area contributed by atoms with E-state index in [9.17, 15) is 4.79 Å². The average Bonchev–Trinajstić information content (AvgIpc) is 3.29. The number of nitrogens with one attached hydrogen (secondary N) is 1. The number of nitrogens with zero attached hydrogens (tertiary/aromatic N) is 3. The number of ether oxygens (including phenoxy) is 2. The summed E-state index contributed by atoms with van der Waals surface area (Å²) in [6, 6.07) is 6.19. The molecule has 1 N–H and O–H groups in total. The monoisotopic (exact) mass is 402 g/mol. The Balaban J connectivity index is 1.39. The Bertz CT molecular complexity index is 837. The third kappa shape index (κ3) is 3.98. The number of methoxy groups -OCH3 is 2. The van der Waals surface area contributed by atoms with Crippen LogP contribution < -0.4 is 14.8 Å². The minimum Gasteiger partial charge on any atom is -0.493 e. The van der Waals surface area contributed by atoms with E-state index in [1.54, 1.807) is 14.2 Å². The SMILES string of the molecule is COc1ccc([C@H]2CCCN2CC(=O)Nc2nnc(C3CCC3)s2)cc1OC. The van der Waals surface area contributed by atoms with Crippen molar-refractivity contribution in [3.63, 3.8) is 0 Å². The predicted octanol–water partition coefficient (Wildman–Crippen LogP) is 3.60. The minimum absolute atomic E-state index is 0.0383. The summed E-state index contributed by atoms with van der Waals surface area (Å²) >= 11 is 1.51. The van der Waals surface area contributed by atoms with Crippen LogP contribution in [0.3, 0.4) is 0 Å². The lowest BCUT2D eigenvalue weighted by molar-refractivity contribution is -0.117. The second kappa shape index (κ2) is 8.45. The maximum absolute atomic E-state index is 12.6. The molecular weight excluding hydrogens is 376 g/mol. The molecule has 1 aromatic heterocycles. The first-order valence-electron chi connectivity index (χ1n) is 9.77. The van der Waals surface area contributed by atoms with Crippen LogP contribution in [0.15, 0.2) is 18.2 Å². The summed E-state index contributed by atoms with van der Waals surface area (Å²) < 4.78 is 10.8. The highest BCUT2D eigenvalue weighted by molar-refractivity contribution is 7.15. The van der Waals surface area contributed by atoms with Gasteiger partial charge in [0.25, 0.3) is 0 Å². The van der Waals surface area contributed by atoms with Crippen LogP contribution in [0.4, 0.5) is 5.13 Å². The Labute approximate surface area is 169 Å². The molecule has 4 rings (SSSR count). The van der Waals surface area contributed by atoms with Gasteiger partial charge < -0.3 is 9.47 Å². The molecule has 1 aromatic carbocycles. The number of anilines is 1. The zero-order chi connectivity index (χ0) is 19.5. The maximum Gasteiger partial charge on any atom is 0.240 e. The van der Waals surface area contributed by atoms with Gasteiger partial charge in [-0.3, -0.25) is 15.0 Å². The van der Waals surface area contributed by atoms with E-state index in [2.05, 4.69) is 26.5 Å². The quantitative estimate of drug-likeness (QED) is 0.763. The number of carbonyl (C=O) groups is 1. The minimum atomic E-state index is -0.0383. The second-order valence-corrected chi connectivity index (χ2v) is 8.37. The Hall–Kier alpha value is -2.19. The molecule has 2 fully saturated rings. The van der Waals surface area contributed by atoms with Gasteiger partial charge in [0.2, 0.25) is 11.0 Å². The summed E-state index contributed by atoms with van der Waals surface area (Å²) in [5.74, 6) is 1.93. The van der Waals surface area contributed by atoms with Crippen molar-refractivity contribution in [1.82, 2.24) is 15.1 Å². The lowest BCUT2D eigenvalue weighted by Gasteiger charge is -2.24. The van der Waals surface area contributed by atoms with Crippen molar-refractivity contribution >= 4 is 22.4 Å². The van der Waals surface area contributed by atoms with Gasteiger partial charge in [-0.1, -0.05) is 23.8 Å². The molecule has 1 saturated carbocycles. The van der Waals surface area contributed by atoms with Crippen LogP contribution in [-0.4, -0.2) is 48.3 Å². The number of hydrogen-bond acceptors (Lipinski definition) is 7. The van der Waals surface area contributed by atoms with Crippen molar-refractivity contribution < 1.29 is 14.3 Å². The molecule has 2 heterocycles. The summed E-state index contributed by atoms with van der Waals surface area (Å²) in [6.45, 7) is 1.24. The summed E-state index contributed by atoms with van der Waals surface area (Å²) in [6.07, 6.45) is 5.72. The van der Waals surface area contributed by atoms with Gasteiger partial charge in [0.05, 0.1) is 20.8 Å². The number of amides is 1. The van der Waals surface area contributed by atoms with Gasteiger partial charge in [-0.2, -0.15) is 0 Å². The molecule has 1 aliphatic carbocycles. The first-order valence-corrected chi connectivity index (χ1v) is 10.6. The first kappa shape index (κ1) is 19.1. The van der Waals surface area contributed by atoms with Crippen LogP contribution in [0.1, 0.15) is 54.6 Å². The predicted molar refractivity (Wildman–Crippen MR) is 108 cm³/mol. The van der Waals surface area contributed by atoms with E-state index in [4.69, 9.17) is 9.47 Å². The highest BCUT2D eigenvalue weighted by Gasteiger charge is 2.29. The molecule has 7 nitrogen and oxygen atoms in total. The number of hydrogen-bond donors (Lipinski definition) is 1. The van der Waals surface area contributed by atoms with E-state index < -0.39 is 0 Å². The number of aromatic nitrogens is 2. The average molecular weight is 403 g/mol. The molecule has 150 valence electrons. The molecule has 0 spiro atoms. The molecule has 28 heavy (non-hydrogen) atoms. The van der Waals surface area contributed by atoms with Crippen molar-refractivity contribution in [3.05, 3.63) is 28.8 Å². The number of carbonyl (C=O) groups excluding carboxylic acids is 1. The van der Waals surface area contributed by atoms with Crippen LogP contribution in [0.2, 0.25) is 0 Å². The summed E-state index contributed by atoms with van der Waals surface area (Å²) in [7, 11) is 3.27. The van der Waals surface area contributed by atoms with Gasteiger partial charge in [0.1, 0.15) is 5.01 Å². The van der Waals surface area contributed by atoms with Gasteiger partial charge in [0, 0.05) is 12.0 Å². The summed E-state index contributed by atoms with van der Waals surface area (Å²) in [4.78, 5) is 14.8. The second-order valence-electron chi connectivity index (χ2n) is 7.36. The molecule has 0 bridgehead atoms. The molecule has 1 saturated heterocycles. The molecular formula is C20H26N4O3S. The molecule has 0 radical (unpaired) electrons. The van der Waals surface area contributed by atoms with Crippen LogP contribution >= 0.6 is 11.3 Å². The van der Waals surface area contributed by atoms with Crippen LogP contribution in [0.5, 0.6) is 11.5 Å². The number of rotatable bonds is 7. The van der Waals surface area contributed by atoms with Crippen molar-refractivity contribution in [2.45, 2.75) is 44.1 Å². The van der Waals surface area contributed by atoms with Crippen molar-refractivity contribution in [2.24, 2.45) is 0 Å². The Morgan fingerprint density at radius 3 is 2.71 bits per heavy atom. The standard InChI is InChI=1S/C20H26N4O3S/c1-26-16-9-8-14(11-17(16)27-2)15-7-4-10-24(15)12-18(25)21-20-23-22-19(28-20)13-5-3-6-13/h8-9,11,13,15H,3-7,10,12H2,1-2H3,(H,21,23,25)/t15-/m1/s1. The molecule has 1 aliphatic heterocycles. The fraction of sp³-hybridized carbons (Fsp3) is 0.550. The van der Waals surface area contributed by atoms with Crippen molar-refractivity contribution in [2.75, 3.05) is 32.6 Å². The van der Waals surface area contributed by atoms with E-state index in [-0.39, 0.29) is 11.9 Å². The summed E-state index contributed by atoms with van der Waals surface area (Å²) in [5.41, 5.74) is 1.14. The Morgan fingerprint density at radius 2 is 2.00 bits per heavy atom. The van der Waals surface area contributed by atoms with Crippen molar-refractivity contribution in [1.29, 1.82) is 0 Å². The zero-order valence-corrected chi connectivity index (χ0v) is 17.1. The third-order valence-electron chi connectivity index (χ3n) is 5.64. The fourth-order valence-electron chi connectivity index (χ4n) is 3.90. The van der Waals surface area contributed by atoms with Gasteiger partial charge >= 0.3 is 0 Å². The van der Waals surface area contributed by atoms with E-state index in [1.807, 2.05) is 12.1 Å². The highest BCUT2D eigenvalue weighted by Crippen LogP contribution is 2.39. The van der Waals surface area contributed by atoms with Crippen molar-refractivity contribution in [3.8, 4) is 11.5 Å². The topological polar surface area (TPSA) is 76.6 Å². The normalized spacial score (nSPS) is 20.0. The fourth-order valence-corrected chi connectivity index (χ4v) is 4.83. The largest absolute Gasteiger partial charge is 0.493 e. The van der Waals surface area contributed by atoms with Crippen LogP contribution in [-0.2, 0) is 4.79 Å². The molecule has 0 unspecified atom stereocenters.